The Morgan fingerprint density at radius 2 is 1.85 bits per heavy atom. The smallest absolute Gasteiger partial charge is 0.425 e. The number of allylic oxidation sites excluding steroid dienone is 2. The molecule has 3 N–H and O–H groups in total. The number of aliphatic hydroxyl groups excluding tert-OH is 2. The second kappa shape index (κ2) is 8.62. The van der Waals surface area contributed by atoms with E-state index in [1.807, 2.05) is 0 Å². The fourth-order valence-corrected chi connectivity index (χ4v) is 5.02. The van der Waals surface area contributed by atoms with E-state index in [1.165, 1.54) is 22.9 Å². The Bertz CT molecular complexity index is 1080. The third-order valence-electron chi connectivity index (χ3n) is 6.64. The molecule has 2 unspecified atom stereocenters. The van der Waals surface area contributed by atoms with Gasteiger partial charge in [0.05, 0.1) is 26.0 Å². The van der Waals surface area contributed by atoms with Crippen molar-refractivity contribution in [1.29, 1.82) is 0 Å². The summed E-state index contributed by atoms with van der Waals surface area (Å²) < 4.78 is 50.7. The second-order valence-electron chi connectivity index (χ2n) is 8.60. The number of rotatable bonds is 8. The van der Waals surface area contributed by atoms with Gasteiger partial charge in [-0.05, 0) is 41.7 Å². The molecule has 0 bridgehead atoms. The number of unbranched alkanes of at least 4 members (excludes halogenated alkanes) is 1. The molecule has 0 aliphatic heterocycles. The Morgan fingerprint density at radius 1 is 1.12 bits per heavy atom. The molecule has 9 heteroatoms. The lowest BCUT2D eigenvalue weighted by Gasteiger charge is -2.41. The van der Waals surface area contributed by atoms with E-state index in [4.69, 9.17) is 9.84 Å². The first-order valence-corrected chi connectivity index (χ1v) is 10.9. The number of aliphatic hydroxyl groups is 3. The Morgan fingerprint density at radius 3 is 2.52 bits per heavy atom. The standard InChI is InChI=1S/C24H27F3N2O4/c1-22-18-6-2-3-7-19(18)23(32,24(25,26)27)21(22)13-17(33-11-5-4-9-30)12-20(22)16-14-28-29(15-16)8-10-31/h2-3,6-7,12-15,20,30-32H,4-5,8-11H2,1H3/t20?,22-,23?/m0/s1. The molecule has 2 aliphatic rings. The fourth-order valence-electron chi connectivity index (χ4n) is 5.02. The minimum absolute atomic E-state index is 0.00261. The van der Waals surface area contributed by atoms with E-state index in [9.17, 15) is 23.4 Å². The maximum absolute atomic E-state index is 14.5. The number of fused-ring (bicyclic) bond motifs is 3. The molecule has 1 aromatic heterocycles. The summed E-state index contributed by atoms with van der Waals surface area (Å²) in [5.74, 6) is -0.369. The van der Waals surface area contributed by atoms with E-state index < -0.39 is 23.1 Å². The van der Waals surface area contributed by atoms with E-state index in [1.54, 1.807) is 37.5 Å². The van der Waals surface area contributed by atoms with Crippen LogP contribution in [0.5, 0.6) is 0 Å². The van der Waals surface area contributed by atoms with Crippen LogP contribution in [-0.4, -0.2) is 51.1 Å². The zero-order chi connectivity index (χ0) is 23.9. The first-order valence-electron chi connectivity index (χ1n) is 10.9. The largest absolute Gasteiger partial charge is 0.494 e. The Labute approximate surface area is 189 Å². The fraction of sp³-hybridized carbons (Fsp3) is 0.458. The van der Waals surface area contributed by atoms with Gasteiger partial charge < -0.3 is 20.1 Å². The van der Waals surface area contributed by atoms with Crippen molar-refractivity contribution in [2.24, 2.45) is 0 Å². The van der Waals surface area contributed by atoms with Gasteiger partial charge in [0.2, 0.25) is 5.60 Å². The molecule has 3 atom stereocenters. The van der Waals surface area contributed by atoms with Crippen molar-refractivity contribution in [3.63, 3.8) is 0 Å². The van der Waals surface area contributed by atoms with Crippen molar-refractivity contribution < 1.29 is 33.2 Å². The maximum Gasteiger partial charge on any atom is 0.425 e. The summed E-state index contributed by atoms with van der Waals surface area (Å²) >= 11 is 0. The maximum atomic E-state index is 14.5. The number of benzene rings is 1. The molecule has 2 aliphatic carbocycles. The van der Waals surface area contributed by atoms with Crippen LogP contribution in [0.25, 0.3) is 0 Å². The first kappa shape index (κ1) is 23.5. The number of aromatic nitrogens is 2. The molecule has 6 nitrogen and oxygen atoms in total. The van der Waals surface area contributed by atoms with Crippen molar-refractivity contribution >= 4 is 0 Å². The van der Waals surface area contributed by atoms with Crippen LogP contribution in [0, 0.1) is 0 Å². The molecule has 0 saturated heterocycles. The number of hydrogen-bond donors (Lipinski definition) is 3. The monoisotopic (exact) mass is 464 g/mol. The van der Waals surface area contributed by atoms with E-state index in [-0.39, 0.29) is 43.3 Å². The van der Waals surface area contributed by atoms with Crippen LogP contribution in [0.4, 0.5) is 13.2 Å². The lowest BCUT2D eigenvalue weighted by atomic mass is 9.64. The second-order valence-corrected chi connectivity index (χ2v) is 8.60. The highest BCUT2D eigenvalue weighted by Crippen LogP contribution is 2.64. The normalized spacial score (nSPS) is 26.5. The van der Waals surface area contributed by atoms with Crippen molar-refractivity contribution in [1.82, 2.24) is 9.78 Å². The molecule has 1 heterocycles. The number of alkyl halides is 3. The van der Waals surface area contributed by atoms with Gasteiger partial charge in [0.15, 0.2) is 0 Å². The average Bonchev–Trinajstić information content (AvgIpc) is 3.32. The summed E-state index contributed by atoms with van der Waals surface area (Å²) in [6, 6.07) is 6.10. The molecule has 4 rings (SSSR count). The first-order chi connectivity index (χ1) is 15.7. The molecule has 178 valence electrons. The van der Waals surface area contributed by atoms with Gasteiger partial charge in [-0.15, -0.1) is 0 Å². The Kier molecular flexibility index (Phi) is 6.15. The average molecular weight is 464 g/mol. The van der Waals surface area contributed by atoms with Crippen LogP contribution in [0.1, 0.15) is 42.4 Å². The highest BCUT2D eigenvalue weighted by molar-refractivity contribution is 5.64. The Hall–Kier alpha value is -2.62. The third kappa shape index (κ3) is 3.68. The van der Waals surface area contributed by atoms with Crippen LogP contribution in [-0.2, 0) is 22.3 Å². The molecule has 0 radical (unpaired) electrons. The van der Waals surface area contributed by atoms with Crippen LogP contribution in [0.3, 0.4) is 0 Å². The van der Waals surface area contributed by atoms with Gasteiger partial charge in [0, 0.05) is 29.7 Å². The molecule has 0 fully saturated rings. The molecule has 0 spiro atoms. The van der Waals surface area contributed by atoms with Gasteiger partial charge in [-0.3, -0.25) is 4.68 Å². The van der Waals surface area contributed by atoms with E-state index in [0.717, 1.165) is 0 Å². The van der Waals surface area contributed by atoms with Gasteiger partial charge in [-0.1, -0.05) is 31.2 Å². The quantitative estimate of drug-likeness (QED) is 0.522. The van der Waals surface area contributed by atoms with Gasteiger partial charge >= 0.3 is 6.18 Å². The summed E-state index contributed by atoms with van der Waals surface area (Å²) in [6.45, 7) is 2.05. The summed E-state index contributed by atoms with van der Waals surface area (Å²) in [5, 5.41) is 33.7. The van der Waals surface area contributed by atoms with Gasteiger partial charge in [0.25, 0.3) is 0 Å². The van der Waals surface area contributed by atoms with Crippen molar-refractivity contribution in [3.05, 3.63) is 76.8 Å². The predicted molar refractivity (Wildman–Crippen MR) is 114 cm³/mol. The zero-order valence-electron chi connectivity index (χ0n) is 18.2. The van der Waals surface area contributed by atoms with Gasteiger partial charge in [-0.25, -0.2) is 0 Å². The molecule has 1 aromatic carbocycles. The Balaban J connectivity index is 1.88. The van der Waals surface area contributed by atoms with E-state index >= 15 is 0 Å². The topological polar surface area (TPSA) is 87.7 Å². The molecule has 33 heavy (non-hydrogen) atoms. The highest BCUT2D eigenvalue weighted by Gasteiger charge is 2.68. The van der Waals surface area contributed by atoms with E-state index in [2.05, 4.69) is 5.10 Å². The summed E-state index contributed by atoms with van der Waals surface area (Å²) in [5.41, 5.74) is -3.70. The lowest BCUT2D eigenvalue weighted by molar-refractivity contribution is -0.249. The highest BCUT2D eigenvalue weighted by atomic mass is 19.4. The zero-order valence-corrected chi connectivity index (χ0v) is 18.2. The van der Waals surface area contributed by atoms with Crippen LogP contribution in [0.2, 0.25) is 0 Å². The van der Waals surface area contributed by atoms with Crippen molar-refractivity contribution in [2.45, 2.75) is 49.4 Å². The molecule has 0 amide bonds. The van der Waals surface area contributed by atoms with E-state index in [0.29, 0.717) is 24.0 Å². The van der Waals surface area contributed by atoms with Crippen LogP contribution < -0.4 is 0 Å². The van der Waals surface area contributed by atoms with Gasteiger partial charge in [0.1, 0.15) is 5.76 Å². The molecular formula is C24H27F3N2O4. The number of nitrogens with zero attached hydrogens (tertiary/aromatic N) is 2. The third-order valence-corrected chi connectivity index (χ3v) is 6.64. The SMILES string of the molecule is C[C@@]12C(=CC(OCCCCO)=CC1c1cnn(CCO)c1)C(O)(C(F)(F)F)c1ccccc12. The lowest BCUT2D eigenvalue weighted by Crippen LogP contribution is -2.46. The van der Waals surface area contributed by atoms with Crippen LogP contribution in [0.15, 0.2) is 60.1 Å². The molecular weight excluding hydrogens is 437 g/mol. The number of ether oxygens (including phenoxy) is 1. The summed E-state index contributed by atoms with van der Waals surface area (Å²) in [6.07, 6.45) is 2.44. The van der Waals surface area contributed by atoms with Crippen molar-refractivity contribution in [2.75, 3.05) is 19.8 Å². The summed E-state index contributed by atoms with van der Waals surface area (Å²) in [4.78, 5) is 0. The van der Waals surface area contributed by atoms with Gasteiger partial charge in [-0.2, -0.15) is 18.3 Å². The number of hydrogen-bond acceptors (Lipinski definition) is 5. The molecule has 2 aromatic rings. The minimum atomic E-state index is -4.95. The molecule has 0 saturated carbocycles. The predicted octanol–water partition coefficient (Wildman–Crippen LogP) is 3.29. The van der Waals surface area contributed by atoms with Crippen LogP contribution >= 0.6 is 0 Å². The number of halogens is 3. The minimum Gasteiger partial charge on any atom is -0.494 e. The summed E-state index contributed by atoms with van der Waals surface area (Å²) in [7, 11) is 0. The van der Waals surface area contributed by atoms with Crippen molar-refractivity contribution in [3.8, 4) is 0 Å².